The van der Waals surface area contributed by atoms with E-state index in [1.807, 2.05) is 30.3 Å². The van der Waals surface area contributed by atoms with Crippen LogP contribution in [0.1, 0.15) is 29.8 Å². The van der Waals surface area contributed by atoms with Crippen LogP contribution in [-0.2, 0) is 12.0 Å². The van der Waals surface area contributed by atoms with Crippen LogP contribution in [0.2, 0.25) is 0 Å². The van der Waals surface area contributed by atoms with Crippen LogP contribution in [0.25, 0.3) is 11.5 Å². The van der Waals surface area contributed by atoms with Gasteiger partial charge in [-0.15, -0.1) is 0 Å². The summed E-state index contributed by atoms with van der Waals surface area (Å²) < 4.78 is 5.26. The summed E-state index contributed by atoms with van der Waals surface area (Å²) in [5, 5.41) is 18.3. The Kier molecular flexibility index (Phi) is 3.97. The van der Waals surface area contributed by atoms with Crippen LogP contribution < -0.4 is 5.32 Å². The van der Waals surface area contributed by atoms with Gasteiger partial charge in [0.15, 0.2) is 5.82 Å². The Labute approximate surface area is 145 Å². The minimum atomic E-state index is -0.908. The van der Waals surface area contributed by atoms with Crippen LogP contribution in [0.5, 0.6) is 0 Å². The van der Waals surface area contributed by atoms with E-state index in [-0.39, 0.29) is 0 Å². The number of rotatable bonds is 4. The molecular weight excluding hydrogens is 316 g/mol. The molecule has 1 aliphatic rings. The summed E-state index contributed by atoms with van der Waals surface area (Å²) in [6.45, 7) is 2.15. The third kappa shape index (κ3) is 3.00. The highest BCUT2D eigenvalue weighted by atomic mass is 16.5. The zero-order chi connectivity index (χ0) is 17.3. The van der Waals surface area contributed by atoms with Gasteiger partial charge in [-0.2, -0.15) is 4.98 Å². The molecule has 1 aliphatic carbocycles. The normalized spacial score (nSPS) is 19.4. The van der Waals surface area contributed by atoms with Gasteiger partial charge in [0.05, 0.1) is 5.56 Å². The Morgan fingerprint density at radius 1 is 1.24 bits per heavy atom. The molecule has 0 spiro atoms. The van der Waals surface area contributed by atoms with Gasteiger partial charge in [-0.05, 0) is 49.4 Å². The fraction of sp³-hybridized carbons (Fsp3) is 0.316. The molecule has 0 aliphatic heterocycles. The van der Waals surface area contributed by atoms with Crippen molar-refractivity contribution in [2.45, 2.75) is 31.8 Å². The predicted molar refractivity (Wildman–Crippen MR) is 94.0 cm³/mol. The first kappa shape index (κ1) is 15.8. The minimum Gasteiger partial charge on any atom is -0.383 e. The number of benzene rings is 1. The summed E-state index contributed by atoms with van der Waals surface area (Å²) >= 11 is 0. The number of nitrogens with zero attached hydrogens (tertiary/aromatic N) is 3. The Hall–Kier alpha value is -2.73. The van der Waals surface area contributed by atoms with E-state index in [4.69, 9.17) is 4.52 Å². The molecule has 128 valence electrons. The molecule has 0 amide bonds. The van der Waals surface area contributed by atoms with E-state index in [0.29, 0.717) is 24.1 Å². The van der Waals surface area contributed by atoms with Gasteiger partial charge < -0.3 is 14.9 Å². The van der Waals surface area contributed by atoms with Crippen LogP contribution in [0.4, 0.5) is 5.82 Å². The van der Waals surface area contributed by atoms with E-state index in [9.17, 15) is 5.11 Å². The highest BCUT2D eigenvalue weighted by Crippen LogP contribution is 2.36. The second kappa shape index (κ2) is 6.29. The SMILES string of the molecule is Cc1noc(-c2cccnc2NCC2(O)CCCc3ccccc32)n1. The summed E-state index contributed by atoms with van der Waals surface area (Å²) in [7, 11) is 0. The molecule has 0 saturated carbocycles. The lowest BCUT2D eigenvalue weighted by Crippen LogP contribution is -2.37. The van der Waals surface area contributed by atoms with Gasteiger partial charge in [0, 0.05) is 12.7 Å². The van der Waals surface area contributed by atoms with Crippen molar-refractivity contribution in [2.75, 3.05) is 11.9 Å². The molecule has 6 nitrogen and oxygen atoms in total. The quantitative estimate of drug-likeness (QED) is 0.762. The first-order valence-corrected chi connectivity index (χ1v) is 8.46. The number of aromatic nitrogens is 3. The zero-order valence-corrected chi connectivity index (χ0v) is 14.1. The summed E-state index contributed by atoms with van der Waals surface area (Å²) in [4.78, 5) is 8.66. The average Bonchev–Trinajstić information content (AvgIpc) is 3.07. The third-order valence-corrected chi connectivity index (χ3v) is 4.67. The monoisotopic (exact) mass is 336 g/mol. The molecule has 25 heavy (non-hydrogen) atoms. The average molecular weight is 336 g/mol. The maximum Gasteiger partial charge on any atom is 0.261 e. The van der Waals surface area contributed by atoms with Crippen molar-refractivity contribution < 1.29 is 9.63 Å². The predicted octanol–water partition coefficient (Wildman–Crippen LogP) is 3.08. The van der Waals surface area contributed by atoms with E-state index in [1.165, 1.54) is 5.56 Å². The lowest BCUT2D eigenvalue weighted by atomic mass is 9.79. The maximum atomic E-state index is 11.2. The van der Waals surface area contributed by atoms with Gasteiger partial charge in [-0.1, -0.05) is 29.4 Å². The molecular formula is C19H20N4O2. The Bertz CT molecular complexity index is 892. The van der Waals surface area contributed by atoms with E-state index < -0.39 is 5.60 Å². The Morgan fingerprint density at radius 2 is 2.12 bits per heavy atom. The topological polar surface area (TPSA) is 84.1 Å². The molecule has 6 heteroatoms. The number of anilines is 1. The van der Waals surface area contributed by atoms with Crippen LogP contribution in [0.15, 0.2) is 47.1 Å². The summed E-state index contributed by atoms with van der Waals surface area (Å²) in [6.07, 6.45) is 4.40. The van der Waals surface area contributed by atoms with Crippen molar-refractivity contribution in [3.63, 3.8) is 0 Å². The number of hydrogen-bond donors (Lipinski definition) is 2. The van der Waals surface area contributed by atoms with Crippen molar-refractivity contribution in [1.82, 2.24) is 15.1 Å². The molecule has 0 bridgehead atoms. The second-order valence-corrected chi connectivity index (χ2v) is 6.44. The number of aryl methyl sites for hydroxylation is 2. The van der Waals surface area contributed by atoms with Crippen LogP contribution >= 0.6 is 0 Å². The van der Waals surface area contributed by atoms with Crippen molar-refractivity contribution in [1.29, 1.82) is 0 Å². The summed E-state index contributed by atoms with van der Waals surface area (Å²) in [5.41, 5.74) is 2.04. The molecule has 1 unspecified atom stereocenters. The maximum absolute atomic E-state index is 11.2. The number of fused-ring (bicyclic) bond motifs is 1. The lowest BCUT2D eigenvalue weighted by molar-refractivity contribution is 0.0322. The standard InChI is InChI=1S/C19H20N4O2/c1-13-22-18(25-23-13)15-8-5-11-20-17(15)21-12-19(24)10-4-7-14-6-2-3-9-16(14)19/h2-3,5-6,8-9,11,24H,4,7,10,12H2,1H3,(H,20,21). The summed E-state index contributed by atoms with van der Waals surface area (Å²) in [6, 6.07) is 11.8. The summed E-state index contributed by atoms with van der Waals surface area (Å²) in [5.74, 6) is 1.62. The van der Waals surface area contributed by atoms with Gasteiger partial charge in [0.25, 0.3) is 5.89 Å². The number of aliphatic hydroxyl groups is 1. The van der Waals surface area contributed by atoms with Crippen molar-refractivity contribution in [3.05, 3.63) is 59.5 Å². The molecule has 2 N–H and O–H groups in total. The van der Waals surface area contributed by atoms with E-state index >= 15 is 0 Å². The molecule has 3 aromatic rings. The van der Waals surface area contributed by atoms with E-state index in [1.54, 1.807) is 13.1 Å². The van der Waals surface area contributed by atoms with Crippen molar-refractivity contribution in [3.8, 4) is 11.5 Å². The second-order valence-electron chi connectivity index (χ2n) is 6.44. The smallest absolute Gasteiger partial charge is 0.261 e. The molecule has 1 atom stereocenters. The van der Waals surface area contributed by atoms with Crippen LogP contribution in [-0.4, -0.2) is 26.8 Å². The number of hydrogen-bond acceptors (Lipinski definition) is 6. The van der Waals surface area contributed by atoms with Crippen molar-refractivity contribution in [2.24, 2.45) is 0 Å². The Morgan fingerprint density at radius 3 is 2.96 bits per heavy atom. The molecule has 2 aromatic heterocycles. The van der Waals surface area contributed by atoms with Gasteiger partial charge in [-0.3, -0.25) is 0 Å². The first-order chi connectivity index (χ1) is 12.2. The van der Waals surface area contributed by atoms with E-state index in [2.05, 4.69) is 26.5 Å². The van der Waals surface area contributed by atoms with Gasteiger partial charge in [0.2, 0.25) is 0 Å². The molecule has 4 rings (SSSR count). The molecule has 0 fully saturated rings. The number of pyridine rings is 1. The number of nitrogens with one attached hydrogen (secondary N) is 1. The minimum absolute atomic E-state index is 0.376. The zero-order valence-electron chi connectivity index (χ0n) is 14.1. The third-order valence-electron chi connectivity index (χ3n) is 4.67. The molecule has 1 aromatic carbocycles. The van der Waals surface area contributed by atoms with E-state index in [0.717, 1.165) is 30.4 Å². The largest absolute Gasteiger partial charge is 0.383 e. The fourth-order valence-corrected chi connectivity index (χ4v) is 3.44. The van der Waals surface area contributed by atoms with Gasteiger partial charge in [-0.25, -0.2) is 4.98 Å². The fourth-order valence-electron chi connectivity index (χ4n) is 3.44. The Balaban J connectivity index is 1.61. The molecule has 2 heterocycles. The van der Waals surface area contributed by atoms with Gasteiger partial charge in [0.1, 0.15) is 11.4 Å². The molecule has 0 radical (unpaired) electrons. The van der Waals surface area contributed by atoms with Crippen LogP contribution in [0, 0.1) is 6.92 Å². The lowest BCUT2D eigenvalue weighted by Gasteiger charge is -2.35. The first-order valence-electron chi connectivity index (χ1n) is 8.46. The van der Waals surface area contributed by atoms with Gasteiger partial charge >= 0.3 is 0 Å². The van der Waals surface area contributed by atoms with Crippen LogP contribution in [0.3, 0.4) is 0 Å². The molecule has 0 saturated heterocycles. The highest BCUT2D eigenvalue weighted by molar-refractivity contribution is 5.68. The van der Waals surface area contributed by atoms with Crippen molar-refractivity contribution >= 4 is 5.82 Å². The highest BCUT2D eigenvalue weighted by Gasteiger charge is 2.34.